The molecule has 2 atom stereocenters. The molecule has 1 saturated carbocycles. The van der Waals surface area contributed by atoms with Crippen LogP contribution in [0, 0.1) is 5.92 Å². The van der Waals surface area contributed by atoms with Gasteiger partial charge in [-0.2, -0.15) is 8.42 Å². The number of nitrogen functional groups attached to an aromatic ring is 1. The van der Waals surface area contributed by atoms with Crippen LogP contribution in [0.1, 0.15) is 25.3 Å². The van der Waals surface area contributed by atoms with Gasteiger partial charge in [0.1, 0.15) is 6.33 Å². The van der Waals surface area contributed by atoms with Gasteiger partial charge in [-0.25, -0.2) is 19.8 Å². The summed E-state index contributed by atoms with van der Waals surface area (Å²) in [6.07, 6.45) is 3.75. The average molecular weight is 313 g/mol. The van der Waals surface area contributed by atoms with E-state index in [1.54, 1.807) is 4.68 Å². The standard InChI is InChI=1S/C10H15N7O3S/c11-9-8-10(14-5-13-9)17(16-15-8)7-2-1-6(3-7)4-20-21(12,18)19/h5-7H,1-4H2,(H2,11,13,14)(H2,12,18,19)/t6-,7+/m1/s1. The number of nitrogens with two attached hydrogens (primary N) is 2. The second-order valence-electron chi connectivity index (χ2n) is 5.08. The highest BCUT2D eigenvalue weighted by Crippen LogP contribution is 2.35. The molecule has 0 spiro atoms. The van der Waals surface area contributed by atoms with Crippen molar-refractivity contribution in [2.75, 3.05) is 12.3 Å². The molecule has 0 radical (unpaired) electrons. The number of fused-ring (bicyclic) bond motifs is 1. The Labute approximate surface area is 120 Å². The molecule has 0 aromatic carbocycles. The first-order chi connectivity index (χ1) is 9.94. The van der Waals surface area contributed by atoms with E-state index < -0.39 is 10.3 Å². The van der Waals surface area contributed by atoms with Gasteiger partial charge < -0.3 is 5.73 Å². The van der Waals surface area contributed by atoms with Gasteiger partial charge in [0.25, 0.3) is 0 Å². The molecule has 1 fully saturated rings. The molecule has 4 N–H and O–H groups in total. The van der Waals surface area contributed by atoms with E-state index in [2.05, 4.69) is 24.5 Å². The molecule has 0 amide bonds. The zero-order chi connectivity index (χ0) is 15.0. The van der Waals surface area contributed by atoms with E-state index in [9.17, 15) is 8.42 Å². The lowest BCUT2D eigenvalue weighted by atomic mass is 10.1. The summed E-state index contributed by atoms with van der Waals surface area (Å²) in [5.41, 5.74) is 6.78. The Morgan fingerprint density at radius 2 is 2.19 bits per heavy atom. The number of rotatable bonds is 4. The van der Waals surface area contributed by atoms with Crippen LogP contribution in [0.15, 0.2) is 6.33 Å². The van der Waals surface area contributed by atoms with Crippen molar-refractivity contribution >= 4 is 27.3 Å². The molecular weight excluding hydrogens is 298 g/mol. The largest absolute Gasteiger partial charge is 0.382 e. The van der Waals surface area contributed by atoms with Crippen LogP contribution in [0.5, 0.6) is 0 Å². The first-order valence-electron chi connectivity index (χ1n) is 6.42. The van der Waals surface area contributed by atoms with Gasteiger partial charge in [0.05, 0.1) is 12.6 Å². The molecule has 2 heterocycles. The monoisotopic (exact) mass is 313 g/mol. The van der Waals surface area contributed by atoms with Crippen molar-refractivity contribution in [3.63, 3.8) is 0 Å². The molecule has 0 aliphatic heterocycles. The minimum absolute atomic E-state index is 0.0818. The fourth-order valence-electron chi connectivity index (χ4n) is 2.64. The van der Waals surface area contributed by atoms with Crippen LogP contribution >= 0.6 is 0 Å². The first-order valence-corrected chi connectivity index (χ1v) is 7.89. The van der Waals surface area contributed by atoms with Crippen molar-refractivity contribution in [3.8, 4) is 0 Å². The molecule has 0 bridgehead atoms. The molecule has 21 heavy (non-hydrogen) atoms. The van der Waals surface area contributed by atoms with Gasteiger partial charge in [0.2, 0.25) is 0 Å². The number of nitrogens with zero attached hydrogens (tertiary/aromatic N) is 5. The van der Waals surface area contributed by atoms with Crippen LogP contribution < -0.4 is 10.9 Å². The normalized spacial score (nSPS) is 22.9. The Hall–Kier alpha value is -1.85. The van der Waals surface area contributed by atoms with Gasteiger partial charge in [0.15, 0.2) is 17.0 Å². The summed E-state index contributed by atoms with van der Waals surface area (Å²) in [5, 5.41) is 12.9. The summed E-state index contributed by atoms with van der Waals surface area (Å²) in [6, 6.07) is 0.0818. The summed E-state index contributed by atoms with van der Waals surface area (Å²) >= 11 is 0. The minimum atomic E-state index is -3.90. The number of anilines is 1. The van der Waals surface area contributed by atoms with E-state index >= 15 is 0 Å². The van der Waals surface area contributed by atoms with E-state index in [4.69, 9.17) is 10.9 Å². The van der Waals surface area contributed by atoms with Crippen LogP contribution in [0.25, 0.3) is 11.2 Å². The van der Waals surface area contributed by atoms with Gasteiger partial charge >= 0.3 is 10.3 Å². The van der Waals surface area contributed by atoms with Crippen molar-refractivity contribution in [1.29, 1.82) is 0 Å². The van der Waals surface area contributed by atoms with E-state index in [0.29, 0.717) is 17.0 Å². The van der Waals surface area contributed by atoms with Crippen LogP contribution in [0.3, 0.4) is 0 Å². The Morgan fingerprint density at radius 1 is 1.38 bits per heavy atom. The molecule has 10 nitrogen and oxygen atoms in total. The second kappa shape index (κ2) is 5.16. The SMILES string of the molecule is Nc1ncnc2c1nnn2[C@H]1CC[C@@H](COS(N)(=O)=O)C1. The molecule has 1 aliphatic rings. The maximum Gasteiger partial charge on any atom is 0.333 e. The highest BCUT2D eigenvalue weighted by molar-refractivity contribution is 7.84. The van der Waals surface area contributed by atoms with Crippen LogP contribution in [0.2, 0.25) is 0 Å². The van der Waals surface area contributed by atoms with Gasteiger partial charge in [-0.05, 0) is 25.2 Å². The first kappa shape index (κ1) is 14.1. The molecule has 3 rings (SSSR count). The minimum Gasteiger partial charge on any atom is -0.382 e. The van der Waals surface area contributed by atoms with Gasteiger partial charge in [0, 0.05) is 0 Å². The molecular formula is C10H15N7O3S. The van der Waals surface area contributed by atoms with E-state index in [-0.39, 0.29) is 18.6 Å². The second-order valence-corrected chi connectivity index (χ2v) is 6.30. The Bertz CT molecular complexity index is 759. The topological polar surface area (TPSA) is 152 Å². The number of hydrogen-bond donors (Lipinski definition) is 2. The highest BCUT2D eigenvalue weighted by Gasteiger charge is 2.29. The van der Waals surface area contributed by atoms with Crippen molar-refractivity contribution in [2.24, 2.45) is 11.1 Å². The Kier molecular flexibility index (Phi) is 3.47. The molecule has 2 aromatic heterocycles. The highest BCUT2D eigenvalue weighted by atomic mass is 32.2. The van der Waals surface area contributed by atoms with Crippen molar-refractivity contribution in [2.45, 2.75) is 25.3 Å². The molecule has 2 aromatic rings. The van der Waals surface area contributed by atoms with Gasteiger partial charge in [-0.1, -0.05) is 5.21 Å². The summed E-state index contributed by atoms with van der Waals surface area (Å²) in [5.74, 6) is 0.394. The Balaban J connectivity index is 1.75. The maximum atomic E-state index is 10.8. The van der Waals surface area contributed by atoms with E-state index in [1.807, 2.05) is 0 Å². The number of hydrogen-bond acceptors (Lipinski definition) is 8. The fraction of sp³-hybridized carbons (Fsp3) is 0.600. The third kappa shape index (κ3) is 2.94. The summed E-state index contributed by atoms with van der Waals surface area (Å²) < 4.78 is 28.0. The summed E-state index contributed by atoms with van der Waals surface area (Å²) in [7, 11) is -3.90. The summed E-state index contributed by atoms with van der Waals surface area (Å²) in [4.78, 5) is 8.03. The van der Waals surface area contributed by atoms with Crippen molar-refractivity contribution in [3.05, 3.63) is 6.33 Å². The number of aromatic nitrogens is 5. The van der Waals surface area contributed by atoms with Crippen molar-refractivity contribution < 1.29 is 12.6 Å². The lowest BCUT2D eigenvalue weighted by Crippen LogP contribution is -2.19. The molecule has 114 valence electrons. The molecule has 1 aliphatic carbocycles. The molecule has 0 unspecified atom stereocenters. The van der Waals surface area contributed by atoms with Gasteiger partial charge in [-0.15, -0.1) is 5.10 Å². The Morgan fingerprint density at radius 3 is 2.95 bits per heavy atom. The zero-order valence-electron chi connectivity index (χ0n) is 11.1. The smallest absolute Gasteiger partial charge is 0.333 e. The van der Waals surface area contributed by atoms with Crippen LogP contribution in [-0.2, 0) is 14.5 Å². The predicted molar refractivity (Wildman–Crippen MR) is 73.0 cm³/mol. The van der Waals surface area contributed by atoms with Crippen LogP contribution in [-0.4, -0.2) is 40.0 Å². The zero-order valence-corrected chi connectivity index (χ0v) is 11.9. The third-order valence-electron chi connectivity index (χ3n) is 3.62. The quantitative estimate of drug-likeness (QED) is 0.756. The van der Waals surface area contributed by atoms with Gasteiger partial charge in [-0.3, -0.25) is 4.18 Å². The average Bonchev–Trinajstić information content (AvgIpc) is 3.02. The predicted octanol–water partition coefficient (Wildman–Crippen LogP) is -0.635. The lowest BCUT2D eigenvalue weighted by molar-refractivity contribution is 0.252. The molecule has 11 heteroatoms. The lowest BCUT2D eigenvalue weighted by Gasteiger charge is -2.11. The fourth-order valence-corrected chi connectivity index (χ4v) is 3.02. The molecule has 0 saturated heterocycles. The van der Waals surface area contributed by atoms with Crippen molar-refractivity contribution in [1.82, 2.24) is 25.0 Å². The summed E-state index contributed by atoms with van der Waals surface area (Å²) in [6.45, 7) is 0.0824. The maximum absolute atomic E-state index is 10.8. The third-order valence-corrected chi connectivity index (χ3v) is 4.08. The van der Waals surface area contributed by atoms with E-state index in [0.717, 1.165) is 19.3 Å². The van der Waals surface area contributed by atoms with Crippen LogP contribution in [0.4, 0.5) is 5.82 Å². The van der Waals surface area contributed by atoms with E-state index in [1.165, 1.54) is 6.33 Å².